The second-order valence-corrected chi connectivity index (χ2v) is 13.8. The molecule has 0 radical (unpaired) electrons. The maximum atomic E-state index is 8.61. The van der Waals surface area contributed by atoms with Gasteiger partial charge in [0, 0.05) is 32.0 Å². The Bertz CT molecular complexity index is 1030. The number of rotatable bonds is 28. The molecule has 17 nitrogen and oxygen atoms in total. The zero-order valence-corrected chi connectivity index (χ0v) is 38.8. The van der Waals surface area contributed by atoms with Crippen LogP contribution >= 0.6 is 0 Å². The number of aliphatic hydroxyl groups excluding tert-OH is 2. The summed E-state index contributed by atoms with van der Waals surface area (Å²) in [6.07, 6.45) is 12.7. The first kappa shape index (κ1) is 63.2. The highest BCUT2D eigenvalue weighted by molar-refractivity contribution is 5.42. The molecule has 0 unspecified atom stereocenters. The summed E-state index contributed by atoms with van der Waals surface area (Å²) in [6, 6.07) is 5.84. The quantitative estimate of drug-likeness (QED) is 0.0556. The molecular formula is C42H95N13O4. The Morgan fingerprint density at radius 2 is 1.07 bits per heavy atom. The molecule has 0 atom stereocenters. The predicted octanol–water partition coefficient (Wildman–Crippen LogP) is 0.248. The minimum Gasteiger partial charge on any atom is -0.493 e. The molecule has 0 fully saturated rings. The molecule has 0 bridgehead atoms. The van der Waals surface area contributed by atoms with E-state index in [0.717, 1.165) is 142 Å². The average molecular weight is 846 g/mol. The van der Waals surface area contributed by atoms with Crippen molar-refractivity contribution in [2.75, 3.05) is 153 Å². The number of methoxy groups -OCH3 is 2. The minimum absolute atomic E-state index is 0.143. The van der Waals surface area contributed by atoms with Crippen LogP contribution in [0.4, 0.5) is 0 Å². The molecule has 0 saturated carbocycles. The van der Waals surface area contributed by atoms with E-state index in [-0.39, 0.29) is 13.2 Å². The van der Waals surface area contributed by atoms with E-state index in [4.69, 9.17) is 59.8 Å². The van der Waals surface area contributed by atoms with Crippen molar-refractivity contribution in [2.24, 2.45) is 40.1 Å². The first-order valence-electron chi connectivity index (χ1n) is 21.6. The van der Waals surface area contributed by atoms with Crippen LogP contribution in [0, 0.1) is 0 Å². The van der Waals surface area contributed by atoms with E-state index in [1.165, 1.54) is 5.56 Å². The number of hydrogen-bond donors (Lipinski definition) is 9. The van der Waals surface area contributed by atoms with Crippen LogP contribution in [0.5, 0.6) is 11.5 Å². The molecule has 2 aromatic rings. The molecule has 0 aliphatic rings. The number of ether oxygens (including phenoxy) is 2. The molecule has 1 aromatic heterocycles. The van der Waals surface area contributed by atoms with Gasteiger partial charge in [-0.1, -0.05) is 19.9 Å². The Kier molecular flexibility index (Phi) is 55.3. The molecule has 2 rings (SSSR count). The van der Waals surface area contributed by atoms with Gasteiger partial charge in [0.2, 0.25) is 0 Å². The van der Waals surface area contributed by atoms with Gasteiger partial charge in [0.1, 0.15) is 0 Å². The van der Waals surface area contributed by atoms with Gasteiger partial charge in [-0.15, -0.1) is 0 Å². The molecule has 0 aliphatic carbocycles. The largest absolute Gasteiger partial charge is 0.493 e. The zero-order valence-electron chi connectivity index (χ0n) is 38.8. The Balaban J connectivity index is -0.000000311. The number of aliphatic hydroxyl groups is 2. The SMILES string of the molecule is CCN(CC)CCCN.CN(C)CCCN.CN(CCCN)CCCN.COc1ccc(CCN)cc1OC.NCCCN(CCO)CCO.NCCCn1ccnc1. The van der Waals surface area contributed by atoms with Crippen molar-refractivity contribution in [1.29, 1.82) is 0 Å². The fourth-order valence-electron chi connectivity index (χ4n) is 4.93. The van der Waals surface area contributed by atoms with Gasteiger partial charge in [0.15, 0.2) is 11.5 Å². The highest BCUT2D eigenvalue weighted by Crippen LogP contribution is 2.27. The molecule has 17 heteroatoms. The lowest BCUT2D eigenvalue weighted by molar-refractivity contribution is 0.160. The fraction of sp³-hybridized carbons (Fsp3) is 0.786. The number of hydrogen-bond acceptors (Lipinski definition) is 16. The summed E-state index contributed by atoms with van der Waals surface area (Å²) in [6.45, 7) is 19.7. The molecule has 0 amide bonds. The Morgan fingerprint density at radius 3 is 1.44 bits per heavy atom. The van der Waals surface area contributed by atoms with Gasteiger partial charge < -0.3 is 79.1 Å². The fourth-order valence-corrected chi connectivity index (χ4v) is 4.93. The summed E-state index contributed by atoms with van der Waals surface area (Å²) < 4.78 is 12.3. The topological polar surface area (TPSA) is 272 Å². The van der Waals surface area contributed by atoms with Gasteiger partial charge in [0.25, 0.3) is 0 Å². The van der Waals surface area contributed by atoms with Crippen LogP contribution in [0.3, 0.4) is 0 Å². The van der Waals surface area contributed by atoms with E-state index < -0.39 is 0 Å². The molecule has 1 heterocycles. The van der Waals surface area contributed by atoms with Crippen LogP contribution in [0.25, 0.3) is 0 Å². The highest BCUT2D eigenvalue weighted by Gasteiger charge is 2.03. The van der Waals surface area contributed by atoms with Crippen molar-refractivity contribution < 1.29 is 19.7 Å². The molecule has 59 heavy (non-hydrogen) atoms. The summed E-state index contributed by atoms with van der Waals surface area (Å²) >= 11 is 0. The van der Waals surface area contributed by atoms with Crippen molar-refractivity contribution in [3.63, 3.8) is 0 Å². The second kappa shape index (κ2) is 51.7. The Labute approximate surface area is 360 Å². The average Bonchev–Trinajstić information content (AvgIpc) is 3.78. The molecule has 16 N–H and O–H groups in total. The van der Waals surface area contributed by atoms with Gasteiger partial charge in [-0.3, -0.25) is 4.90 Å². The van der Waals surface area contributed by atoms with E-state index >= 15 is 0 Å². The normalized spacial score (nSPS) is 10.4. The Hall–Kier alpha value is -2.49. The number of nitrogens with zero attached hydrogens (tertiary/aromatic N) is 6. The van der Waals surface area contributed by atoms with Gasteiger partial charge in [-0.25, -0.2) is 4.98 Å². The van der Waals surface area contributed by atoms with Gasteiger partial charge in [0.05, 0.1) is 33.8 Å². The van der Waals surface area contributed by atoms with Crippen molar-refractivity contribution in [3.05, 3.63) is 42.5 Å². The van der Waals surface area contributed by atoms with Crippen LogP contribution < -0.4 is 49.6 Å². The van der Waals surface area contributed by atoms with Crippen LogP contribution in [0.2, 0.25) is 0 Å². The molecule has 0 saturated heterocycles. The van der Waals surface area contributed by atoms with Crippen LogP contribution in [-0.4, -0.2) is 193 Å². The summed E-state index contributed by atoms with van der Waals surface area (Å²) in [5.41, 5.74) is 38.6. The molecular weight excluding hydrogens is 751 g/mol. The molecule has 0 aliphatic heterocycles. The standard InChI is InChI=1S/C10H15NO2.C7H19N3.C7H18N2O2.C7H18N2.C6H11N3.C5H14N2/c1-12-9-4-3-8(5-6-11)7-10(9)13-2;1-10(6-2-4-8)7-3-5-9;8-2-1-3-9(4-6-10)5-7-11;1-3-9(4-2)7-5-6-8;7-2-1-4-9-5-3-8-6-9;1-7(2)5-3-4-6/h3-4,7H,5-6,11H2,1-2H3;2-9H2,1H3;10-11H,1-8H2;3-8H2,1-2H3;3,5-6H,1-2,4,7H2;3-6H2,1-2H3. The third kappa shape index (κ3) is 46.4. The van der Waals surface area contributed by atoms with Gasteiger partial charge >= 0.3 is 0 Å². The maximum absolute atomic E-state index is 8.61. The smallest absolute Gasteiger partial charge is 0.160 e. The maximum Gasteiger partial charge on any atom is 0.160 e. The number of nitrogens with two attached hydrogens (primary N) is 7. The van der Waals surface area contributed by atoms with E-state index in [0.29, 0.717) is 26.2 Å². The summed E-state index contributed by atoms with van der Waals surface area (Å²) in [5, 5.41) is 17.2. The molecule has 0 spiro atoms. The Morgan fingerprint density at radius 1 is 0.593 bits per heavy atom. The van der Waals surface area contributed by atoms with Gasteiger partial charge in [-0.05, 0) is 175 Å². The number of imidazole rings is 1. The first-order valence-corrected chi connectivity index (χ1v) is 21.6. The van der Waals surface area contributed by atoms with Crippen molar-refractivity contribution >= 4 is 0 Å². The lowest BCUT2D eigenvalue weighted by Gasteiger charge is -2.19. The predicted molar refractivity (Wildman–Crippen MR) is 251 cm³/mol. The van der Waals surface area contributed by atoms with Crippen LogP contribution in [-0.2, 0) is 13.0 Å². The van der Waals surface area contributed by atoms with Crippen molar-refractivity contribution in [2.45, 2.75) is 65.3 Å². The van der Waals surface area contributed by atoms with Crippen molar-refractivity contribution in [1.82, 2.24) is 29.2 Å². The highest BCUT2D eigenvalue weighted by atomic mass is 16.5. The van der Waals surface area contributed by atoms with E-state index in [9.17, 15) is 0 Å². The summed E-state index contributed by atoms with van der Waals surface area (Å²) in [5.74, 6) is 1.51. The first-order chi connectivity index (χ1) is 28.5. The lowest BCUT2D eigenvalue weighted by atomic mass is 10.1. The molecule has 352 valence electrons. The number of benzene rings is 1. The number of aryl methyl sites for hydroxylation is 1. The minimum atomic E-state index is 0.143. The van der Waals surface area contributed by atoms with Gasteiger partial charge in [-0.2, -0.15) is 0 Å². The third-order valence-electron chi connectivity index (χ3n) is 8.44. The summed E-state index contributed by atoms with van der Waals surface area (Å²) in [7, 11) is 9.46. The van der Waals surface area contributed by atoms with E-state index in [2.05, 4.69) is 54.7 Å². The second-order valence-electron chi connectivity index (χ2n) is 13.8. The van der Waals surface area contributed by atoms with Crippen LogP contribution in [0.15, 0.2) is 36.9 Å². The summed E-state index contributed by atoms with van der Waals surface area (Å²) in [4.78, 5) is 12.7. The lowest BCUT2D eigenvalue weighted by Crippen LogP contribution is -2.31. The van der Waals surface area contributed by atoms with Crippen molar-refractivity contribution in [3.8, 4) is 11.5 Å². The van der Waals surface area contributed by atoms with Crippen LogP contribution in [0.1, 0.15) is 57.9 Å². The monoisotopic (exact) mass is 846 g/mol. The van der Waals surface area contributed by atoms with E-state index in [1.807, 2.05) is 33.9 Å². The number of aromatic nitrogens is 2. The van der Waals surface area contributed by atoms with E-state index in [1.54, 1.807) is 26.7 Å². The zero-order chi connectivity index (χ0) is 45.4. The third-order valence-corrected chi connectivity index (χ3v) is 8.44. The molecule has 1 aromatic carbocycles.